The maximum atomic E-state index is 12.8. The molecule has 12 nitrogen and oxygen atoms in total. The van der Waals surface area contributed by atoms with Crippen molar-refractivity contribution in [2.75, 3.05) is 6.54 Å². The van der Waals surface area contributed by atoms with Crippen LogP contribution in [0.5, 0.6) is 0 Å². The van der Waals surface area contributed by atoms with Crippen molar-refractivity contribution in [2.24, 2.45) is 11.7 Å². The number of carbonyl (C=O) groups excluding carboxylic acids is 3. The smallest absolute Gasteiger partial charge is 0.326 e. The molecule has 34 heavy (non-hydrogen) atoms. The summed E-state index contributed by atoms with van der Waals surface area (Å²) in [6.07, 6.45) is 0.781. The van der Waals surface area contributed by atoms with Gasteiger partial charge in [-0.3, -0.25) is 19.2 Å². The maximum Gasteiger partial charge on any atom is 0.326 e. The molecule has 1 aromatic carbocycles. The molecule has 0 fully saturated rings. The van der Waals surface area contributed by atoms with E-state index in [1.165, 1.54) is 0 Å². The molecule has 8 N–H and O–H groups in total. The van der Waals surface area contributed by atoms with Crippen molar-refractivity contribution in [3.8, 4) is 0 Å². The topological polar surface area (TPSA) is 204 Å². The van der Waals surface area contributed by atoms with Gasteiger partial charge < -0.3 is 36.9 Å². The first-order chi connectivity index (χ1) is 16.0. The second-order valence-corrected chi connectivity index (χ2v) is 8.12. The average molecular weight is 476 g/mol. The van der Waals surface area contributed by atoms with Crippen molar-refractivity contribution in [1.82, 2.24) is 20.9 Å². The number of nitrogens with one attached hydrogen (secondary N) is 4. The number of aromatic nitrogens is 1. The molecule has 0 saturated carbocycles. The van der Waals surface area contributed by atoms with E-state index >= 15 is 0 Å². The van der Waals surface area contributed by atoms with Crippen molar-refractivity contribution in [3.05, 3.63) is 36.0 Å². The predicted molar refractivity (Wildman–Crippen MR) is 122 cm³/mol. The quantitative estimate of drug-likeness (QED) is 0.209. The Labute approximate surface area is 195 Å². The molecule has 0 saturated heterocycles. The highest BCUT2D eigenvalue weighted by Gasteiger charge is 2.32. The van der Waals surface area contributed by atoms with Crippen molar-refractivity contribution in [1.29, 1.82) is 0 Å². The number of carbonyl (C=O) groups is 5. The van der Waals surface area contributed by atoms with Crippen molar-refractivity contribution >= 4 is 40.6 Å². The van der Waals surface area contributed by atoms with E-state index in [1.807, 2.05) is 12.1 Å². The number of fused-ring (bicyclic) bond motifs is 1. The summed E-state index contributed by atoms with van der Waals surface area (Å²) in [6.45, 7) is 2.94. The van der Waals surface area contributed by atoms with Gasteiger partial charge in [0.2, 0.25) is 17.7 Å². The first kappa shape index (κ1) is 26.3. The molecule has 0 aliphatic heterocycles. The number of amides is 3. The number of aromatic amines is 1. The lowest BCUT2D eigenvalue weighted by atomic mass is 10.0. The van der Waals surface area contributed by atoms with Gasteiger partial charge in [-0.15, -0.1) is 0 Å². The van der Waals surface area contributed by atoms with Gasteiger partial charge in [-0.25, -0.2) is 4.79 Å². The Bertz CT molecular complexity index is 1060. The molecule has 3 amide bonds. The Morgan fingerprint density at radius 1 is 0.971 bits per heavy atom. The van der Waals surface area contributed by atoms with E-state index in [1.54, 1.807) is 32.2 Å². The molecule has 12 heteroatoms. The number of rotatable bonds is 12. The third-order valence-corrected chi connectivity index (χ3v) is 5.18. The SMILES string of the molecule is CC(C)C(NC(=O)CN)C(=O)NC(CC(=O)O)C(=O)NC(Cc1c[nH]c2ccccc12)C(=O)O. The lowest BCUT2D eigenvalue weighted by Crippen LogP contribution is -2.58. The van der Waals surface area contributed by atoms with Crippen LogP contribution >= 0.6 is 0 Å². The number of para-hydroxylation sites is 1. The lowest BCUT2D eigenvalue weighted by Gasteiger charge is -2.25. The highest BCUT2D eigenvalue weighted by atomic mass is 16.4. The summed E-state index contributed by atoms with van der Waals surface area (Å²) in [5.41, 5.74) is 6.71. The van der Waals surface area contributed by atoms with Gasteiger partial charge in [0.15, 0.2) is 0 Å². The molecule has 2 aromatic rings. The van der Waals surface area contributed by atoms with Crippen LogP contribution in [0.1, 0.15) is 25.8 Å². The van der Waals surface area contributed by atoms with Crippen molar-refractivity contribution < 1.29 is 34.2 Å². The summed E-state index contributed by atoms with van der Waals surface area (Å²) in [5, 5.41) is 26.7. The molecule has 3 atom stereocenters. The van der Waals surface area contributed by atoms with Gasteiger partial charge in [0.25, 0.3) is 0 Å². The molecular weight excluding hydrogens is 446 g/mol. The van der Waals surface area contributed by atoms with Gasteiger partial charge >= 0.3 is 11.9 Å². The summed E-state index contributed by atoms with van der Waals surface area (Å²) in [4.78, 5) is 63.3. The summed E-state index contributed by atoms with van der Waals surface area (Å²) in [7, 11) is 0. The summed E-state index contributed by atoms with van der Waals surface area (Å²) >= 11 is 0. The lowest BCUT2D eigenvalue weighted by molar-refractivity contribution is -0.143. The standard InChI is InChI=1S/C22H29N5O7/c1-11(2)19(27-17(28)9-23)21(32)25-15(8-18(29)30)20(31)26-16(22(33)34)7-12-10-24-14-6-4-3-5-13(12)14/h3-6,10-11,15-16,19,24H,7-9,23H2,1-2H3,(H,25,32)(H,26,31)(H,27,28)(H,29,30)(H,33,34). The van der Waals surface area contributed by atoms with Crippen LogP contribution in [0.25, 0.3) is 10.9 Å². The molecule has 0 bridgehead atoms. The summed E-state index contributed by atoms with van der Waals surface area (Å²) in [5.74, 6) is -5.46. The summed E-state index contributed by atoms with van der Waals surface area (Å²) in [6, 6.07) is 3.22. The van der Waals surface area contributed by atoms with Crippen LogP contribution in [0.15, 0.2) is 30.5 Å². The number of hydrogen-bond donors (Lipinski definition) is 7. The number of carboxylic acids is 2. The fraction of sp³-hybridized carbons (Fsp3) is 0.409. The van der Waals surface area contributed by atoms with Gasteiger partial charge in [0.05, 0.1) is 13.0 Å². The maximum absolute atomic E-state index is 12.8. The third-order valence-electron chi connectivity index (χ3n) is 5.18. The zero-order chi connectivity index (χ0) is 25.4. The first-order valence-electron chi connectivity index (χ1n) is 10.6. The molecule has 0 aliphatic carbocycles. The molecule has 0 spiro atoms. The van der Waals surface area contributed by atoms with Crippen LogP contribution in [0.2, 0.25) is 0 Å². The number of benzene rings is 1. The minimum atomic E-state index is -1.56. The second-order valence-electron chi connectivity index (χ2n) is 8.12. The zero-order valence-corrected chi connectivity index (χ0v) is 18.8. The number of H-pyrrole nitrogens is 1. The van der Waals surface area contributed by atoms with Gasteiger partial charge in [0, 0.05) is 23.5 Å². The second kappa shape index (κ2) is 11.8. The number of aliphatic carboxylic acids is 2. The van der Waals surface area contributed by atoms with E-state index in [0.29, 0.717) is 5.56 Å². The van der Waals surface area contributed by atoms with Crippen LogP contribution in [-0.4, -0.2) is 69.5 Å². The summed E-state index contributed by atoms with van der Waals surface area (Å²) < 4.78 is 0. The van der Waals surface area contributed by atoms with E-state index in [-0.39, 0.29) is 13.0 Å². The molecule has 0 aliphatic rings. The van der Waals surface area contributed by atoms with Crippen molar-refractivity contribution in [3.63, 3.8) is 0 Å². The molecule has 1 heterocycles. The Morgan fingerprint density at radius 3 is 2.21 bits per heavy atom. The zero-order valence-electron chi connectivity index (χ0n) is 18.8. The average Bonchev–Trinajstić information content (AvgIpc) is 3.18. The molecule has 2 rings (SSSR count). The highest BCUT2D eigenvalue weighted by Crippen LogP contribution is 2.19. The number of nitrogens with two attached hydrogens (primary N) is 1. The molecule has 0 radical (unpaired) electrons. The minimum absolute atomic E-state index is 0.0694. The molecule has 184 valence electrons. The number of hydrogen-bond acceptors (Lipinski definition) is 6. The fourth-order valence-electron chi connectivity index (χ4n) is 3.41. The van der Waals surface area contributed by atoms with Crippen LogP contribution in [0, 0.1) is 5.92 Å². The Kier molecular flexibility index (Phi) is 9.13. The van der Waals surface area contributed by atoms with E-state index in [2.05, 4.69) is 20.9 Å². The van der Waals surface area contributed by atoms with E-state index in [0.717, 1.165) is 10.9 Å². The Balaban J connectivity index is 2.18. The normalized spacial score (nSPS) is 13.6. The van der Waals surface area contributed by atoms with Crippen LogP contribution in [-0.2, 0) is 30.4 Å². The monoisotopic (exact) mass is 475 g/mol. The minimum Gasteiger partial charge on any atom is -0.481 e. The van der Waals surface area contributed by atoms with E-state index < -0.39 is 60.1 Å². The molecular formula is C22H29N5O7. The Morgan fingerprint density at radius 2 is 1.62 bits per heavy atom. The number of carboxylic acid groups (broad SMARTS) is 2. The van der Waals surface area contributed by atoms with Gasteiger partial charge in [-0.1, -0.05) is 32.0 Å². The van der Waals surface area contributed by atoms with Crippen LogP contribution < -0.4 is 21.7 Å². The van der Waals surface area contributed by atoms with Crippen LogP contribution in [0.3, 0.4) is 0 Å². The van der Waals surface area contributed by atoms with Gasteiger partial charge in [0.1, 0.15) is 18.1 Å². The third kappa shape index (κ3) is 7.04. The largest absolute Gasteiger partial charge is 0.481 e. The van der Waals surface area contributed by atoms with Crippen LogP contribution in [0.4, 0.5) is 0 Å². The predicted octanol–water partition coefficient (Wildman–Crippen LogP) is -0.661. The fourth-order valence-corrected chi connectivity index (χ4v) is 3.41. The first-order valence-corrected chi connectivity index (χ1v) is 10.6. The van der Waals surface area contributed by atoms with Gasteiger partial charge in [-0.05, 0) is 17.5 Å². The van der Waals surface area contributed by atoms with E-state index in [9.17, 15) is 34.2 Å². The van der Waals surface area contributed by atoms with Gasteiger partial charge in [-0.2, -0.15) is 0 Å². The molecule has 3 unspecified atom stereocenters. The van der Waals surface area contributed by atoms with E-state index in [4.69, 9.17) is 5.73 Å². The molecule has 1 aromatic heterocycles. The Hall–Kier alpha value is -3.93. The highest BCUT2D eigenvalue weighted by molar-refractivity contribution is 5.95. The van der Waals surface area contributed by atoms with Crippen molar-refractivity contribution in [2.45, 2.75) is 44.8 Å².